The summed E-state index contributed by atoms with van der Waals surface area (Å²) in [6.45, 7) is 0. The summed E-state index contributed by atoms with van der Waals surface area (Å²) in [5.41, 5.74) is 3.36. The predicted octanol–water partition coefficient (Wildman–Crippen LogP) is 4.00. The van der Waals surface area contributed by atoms with Crippen LogP contribution in [0.25, 0.3) is 16.7 Å². The Morgan fingerprint density at radius 2 is 1.67 bits per heavy atom. The second-order valence-corrected chi connectivity index (χ2v) is 6.13. The van der Waals surface area contributed by atoms with Crippen LogP contribution in [-0.2, 0) is 0 Å². The maximum Gasteiger partial charge on any atom is 0.202 e. The summed E-state index contributed by atoms with van der Waals surface area (Å²) in [5.74, 6) is 1.16. The molecule has 106 valence electrons. The summed E-state index contributed by atoms with van der Waals surface area (Å²) >= 11 is 0. The number of benzene rings is 1. The van der Waals surface area contributed by atoms with Gasteiger partial charge in [0.15, 0.2) is 0 Å². The van der Waals surface area contributed by atoms with Gasteiger partial charge < -0.3 is 14.6 Å². The fourth-order valence-corrected chi connectivity index (χ4v) is 4.26. The Morgan fingerprint density at radius 3 is 2.38 bits per heavy atom. The van der Waals surface area contributed by atoms with Crippen LogP contribution in [0.4, 0.5) is 0 Å². The van der Waals surface area contributed by atoms with Gasteiger partial charge in [0.05, 0.1) is 5.69 Å². The average Bonchev–Trinajstić information content (AvgIpc) is 3.23. The van der Waals surface area contributed by atoms with Gasteiger partial charge in [-0.15, -0.1) is 0 Å². The first kappa shape index (κ1) is 11.3. The Morgan fingerprint density at radius 1 is 1.00 bits per heavy atom. The molecule has 1 saturated carbocycles. The van der Waals surface area contributed by atoms with Crippen LogP contribution < -0.4 is 0 Å². The van der Waals surface area contributed by atoms with Crippen LogP contribution in [0.3, 0.4) is 0 Å². The zero-order valence-corrected chi connectivity index (χ0v) is 11.4. The number of nitrogens with zero attached hydrogens (tertiary/aromatic N) is 1. The van der Waals surface area contributed by atoms with Gasteiger partial charge in [-0.3, -0.25) is 0 Å². The molecule has 0 radical (unpaired) electrons. The molecular formula is C17H15NO3. The van der Waals surface area contributed by atoms with Gasteiger partial charge in [0, 0.05) is 16.5 Å². The lowest BCUT2D eigenvalue weighted by molar-refractivity contribution is 0.394. The highest BCUT2D eigenvalue weighted by Crippen LogP contribution is 2.60. The molecule has 2 bridgehead atoms. The standard InChI is InChI=1S/C17H15NO3/c19-16-14-9-5-6-10(7-9)15(14)17(20)18(16)12-8-21-13-4-2-1-3-11(12)13/h1-4,8-10,19-20H,5-7H2/t9-,10+. The Labute approximate surface area is 121 Å². The minimum atomic E-state index is 0.182. The minimum Gasteiger partial charge on any atom is -0.494 e. The molecule has 3 aromatic rings. The molecule has 21 heavy (non-hydrogen) atoms. The SMILES string of the molecule is Oc1c2c(c(O)n1-c1coc3ccccc13)[C@H]1CC[C@@H]2C1. The third-order valence-electron chi connectivity index (χ3n) is 5.15. The number of fused-ring (bicyclic) bond motifs is 6. The van der Waals surface area contributed by atoms with Crippen molar-refractivity contribution in [3.63, 3.8) is 0 Å². The first-order valence-corrected chi connectivity index (χ1v) is 7.38. The molecule has 2 aromatic heterocycles. The third-order valence-corrected chi connectivity index (χ3v) is 5.15. The maximum atomic E-state index is 10.6. The number of para-hydroxylation sites is 1. The zero-order valence-electron chi connectivity index (χ0n) is 11.4. The van der Waals surface area contributed by atoms with Gasteiger partial charge in [-0.05, 0) is 43.2 Å². The van der Waals surface area contributed by atoms with Crippen LogP contribution in [0.15, 0.2) is 34.9 Å². The topological polar surface area (TPSA) is 58.5 Å². The summed E-state index contributed by atoms with van der Waals surface area (Å²) in [5, 5.41) is 22.2. The number of hydrogen-bond acceptors (Lipinski definition) is 3. The van der Waals surface area contributed by atoms with E-state index in [2.05, 4.69) is 0 Å². The Hall–Kier alpha value is -2.36. The molecule has 2 atom stereocenters. The van der Waals surface area contributed by atoms with E-state index in [0.29, 0.717) is 17.5 Å². The molecule has 0 unspecified atom stereocenters. The lowest BCUT2D eigenvalue weighted by Crippen LogP contribution is -1.94. The highest BCUT2D eigenvalue weighted by Gasteiger charge is 2.44. The molecule has 0 aliphatic heterocycles. The number of furan rings is 1. The highest BCUT2D eigenvalue weighted by atomic mass is 16.3. The highest BCUT2D eigenvalue weighted by molar-refractivity contribution is 5.87. The third kappa shape index (κ3) is 1.25. The monoisotopic (exact) mass is 281 g/mol. The van der Waals surface area contributed by atoms with Crippen LogP contribution in [0, 0.1) is 0 Å². The minimum absolute atomic E-state index is 0.182. The Bertz CT molecular complexity index is 840. The van der Waals surface area contributed by atoms with E-state index >= 15 is 0 Å². The van der Waals surface area contributed by atoms with Crippen molar-refractivity contribution < 1.29 is 14.6 Å². The van der Waals surface area contributed by atoms with Gasteiger partial charge in [-0.2, -0.15) is 0 Å². The van der Waals surface area contributed by atoms with Gasteiger partial charge >= 0.3 is 0 Å². The lowest BCUT2D eigenvalue weighted by Gasteiger charge is -2.09. The molecule has 4 heteroatoms. The van der Waals surface area contributed by atoms with E-state index in [-0.39, 0.29) is 11.8 Å². The summed E-state index contributed by atoms with van der Waals surface area (Å²) < 4.78 is 7.08. The molecule has 1 fully saturated rings. The molecule has 0 saturated heterocycles. The smallest absolute Gasteiger partial charge is 0.202 e. The Balaban J connectivity index is 1.82. The van der Waals surface area contributed by atoms with Gasteiger partial charge in [0.2, 0.25) is 11.8 Å². The van der Waals surface area contributed by atoms with Gasteiger partial charge in [-0.1, -0.05) is 12.1 Å². The van der Waals surface area contributed by atoms with Crippen molar-refractivity contribution in [2.24, 2.45) is 0 Å². The number of rotatable bonds is 1. The molecule has 0 amide bonds. The zero-order chi connectivity index (χ0) is 14.1. The molecule has 2 aliphatic carbocycles. The lowest BCUT2D eigenvalue weighted by atomic mass is 9.95. The first-order chi connectivity index (χ1) is 10.3. The number of aromatic hydroxyl groups is 2. The molecule has 2 heterocycles. The van der Waals surface area contributed by atoms with Crippen LogP contribution in [0.2, 0.25) is 0 Å². The van der Waals surface area contributed by atoms with Crippen molar-refractivity contribution in [3.8, 4) is 17.4 Å². The van der Waals surface area contributed by atoms with Crippen molar-refractivity contribution in [3.05, 3.63) is 41.7 Å². The normalized spacial score (nSPS) is 23.0. The van der Waals surface area contributed by atoms with E-state index in [4.69, 9.17) is 4.42 Å². The summed E-state index contributed by atoms with van der Waals surface area (Å²) in [6, 6.07) is 7.65. The van der Waals surface area contributed by atoms with Crippen molar-refractivity contribution in [1.82, 2.24) is 4.57 Å². The molecular weight excluding hydrogens is 266 g/mol. The summed E-state index contributed by atoms with van der Waals surface area (Å²) in [7, 11) is 0. The second kappa shape index (κ2) is 3.64. The number of aromatic nitrogens is 1. The molecule has 1 aromatic carbocycles. The van der Waals surface area contributed by atoms with Gasteiger partial charge in [0.25, 0.3) is 0 Å². The molecule has 4 nitrogen and oxygen atoms in total. The van der Waals surface area contributed by atoms with Crippen LogP contribution in [-0.4, -0.2) is 14.8 Å². The fraction of sp³-hybridized carbons (Fsp3) is 0.294. The van der Waals surface area contributed by atoms with E-state index in [1.54, 1.807) is 10.8 Å². The predicted molar refractivity (Wildman–Crippen MR) is 78.2 cm³/mol. The molecule has 5 rings (SSSR count). The van der Waals surface area contributed by atoms with Crippen molar-refractivity contribution in [2.45, 2.75) is 31.1 Å². The molecule has 2 aliphatic rings. The van der Waals surface area contributed by atoms with Crippen molar-refractivity contribution in [2.75, 3.05) is 0 Å². The van der Waals surface area contributed by atoms with E-state index in [1.807, 2.05) is 24.3 Å². The van der Waals surface area contributed by atoms with E-state index in [1.165, 1.54) is 0 Å². The largest absolute Gasteiger partial charge is 0.494 e. The number of hydrogen-bond donors (Lipinski definition) is 2. The van der Waals surface area contributed by atoms with E-state index in [0.717, 1.165) is 41.4 Å². The summed E-state index contributed by atoms with van der Waals surface area (Å²) in [6.07, 6.45) is 4.89. The summed E-state index contributed by atoms with van der Waals surface area (Å²) in [4.78, 5) is 0. The van der Waals surface area contributed by atoms with Gasteiger partial charge in [-0.25, -0.2) is 4.57 Å². The van der Waals surface area contributed by atoms with E-state index in [9.17, 15) is 10.2 Å². The molecule has 2 N–H and O–H groups in total. The van der Waals surface area contributed by atoms with Crippen LogP contribution in [0.1, 0.15) is 42.2 Å². The second-order valence-electron chi connectivity index (χ2n) is 6.13. The van der Waals surface area contributed by atoms with Gasteiger partial charge in [0.1, 0.15) is 11.8 Å². The average molecular weight is 281 g/mol. The fourth-order valence-electron chi connectivity index (χ4n) is 4.26. The van der Waals surface area contributed by atoms with E-state index < -0.39 is 0 Å². The van der Waals surface area contributed by atoms with Crippen LogP contribution >= 0.6 is 0 Å². The first-order valence-electron chi connectivity index (χ1n) is 7.38. The quantitative estimate of drug-likeness (QED) is 0.708. The maximum absolute atomic E-state index is 10.6. The van der Waals surface area contributed by atoms with Crippen molar-refractivity contribution in [1.29, 1.82) is 0 Å². The van der Waals surface area contributed by atoms with Crippen molar-refractivity contribution >= 4 is 11.0 Å². The Kier molecular flexibility index (Phi) is 1.96. The van der Waals surface area contributed by atoms with Crippen LogP contribution in [0.5, 0.6) is 11.8 Å². The molecule has 0 spiro atoms.